The number of aromatic hydroxyl groups is 2. The lowest BCUT2D eigenvalue weighted by atomic mass is 10.1. The second-order valence-corrected chi connectivity index (χ2v) is 8.92. The van der Waals surface area contributed by atoms with E-state index >= 15 is 0 Å². The number of carbonyl (C=O) groups excluding carboxylic acids is 4. The molecule has 32 heavy (non-hydrogen) atoms. The van der Waals surface area contributed by atoms with E-state index in [1.807, 2.05) is 0 Å². The second kappa shape index (κ2) is 10.4. The highest BCUT2D eigenvalue weighted by atomic mass is 32.2. The van der Waals surface area contributed by atoms with Gasteiger partial charge in [0.05, 0.1) is 12.7 Å². The summed E-state index contributed by atoms with van der Waals surface area (Å²) in [6.45, 7) is 4.30. The molecule has 0 aromatic heterocycles. The number of alkyl carbamates (subject to hydrolysis) is 1. The maximum atomic E-state index is 12.8. The Morgan fingerprint density at radius 3 is 2.56 bits per heavy atom. The average molecular weight is 471 g/mol. The summed E-state index contributed by atoms with van der Waals surface area (Å²) < 4.78 is 15.0. The van der Waals surface area contributed by atoms with E-state index in [4.69, 9.17) is 14.2 Å². The van der Waals surface area contributed by atoms with Crippen molar-refractivity contribution >= 4 is 35.7 Å². The molecule has 2 amide bonds. The number of methoxy groups -OCH3 is 1. The van der Waals surface area contributed by atoms with Crippen molar-refractivity contribution < 1.29 is 43.6 Å². The van der Waals surface area contributed by atoms with E-state index in [-0.39, 0.29) is 34.1 Å². The van der Waals surface area contributed by atoms with Crippen molar-refractivity contribution in [1.29, 1.82) is 0 Å². The van der Waals surface area contributed by atoms with E-state index < -0.39 is 48.2 Å². The van der Waals surface area contributed by atoms with E-state index in [9.17, 15) is 29.4 Å². The molecule has 1 aliphatic rings. The van der Waals surface area contributed by atoms with E-state index in [2.05, 4.69) is 10.6 Å². The van der Waals surface area contributed by atoms with Crippen molar-refractivity contribution in [2.24, 2.45) is 0 Å². The third-order valence-electron chi connectivity index (χ3n) is 4.15. The lowest BCUT2D eigenvalue weighted by Gasteiger charge is -2.25. The third-order valence-corrected chi connectivity index (χ3v) is 5.21. The fourth-order valence-corrected chi connectivity index (χ4v) is 3.79. The smallest absolute Gasteiger partial charge is 0.408 e. The highest BCUT2D eigenvalue weighted by molar-refractivity contribution is 7.98. The second-order valence-electron chi connectivity index (χ2n) is 7.89. The minimum Gasteiger partial charge on any atom is -0.508 e. The molecule has 1 heterocycles. The van der Waals surface area contributed by atoms with Gasteiger partial charge in [-0.25, -0.2) is 14.4 Å². The van der Waals surface area contributed by atoms with Gasteiger partial charge in [-0.05, 0) is 26.8 Å². The number of nitrogens with one attached hydrogen (secondary N) is 2. The van der Waals surface area contributed by atoms with Gasteiger partial charge in [-0.3, -0.25) is 4.79 Å². The highest BCUT2D eigenvalue weighted by Gasteiger charge is 2.31. The van der Waals surface area contributed by atoms with Crippen LogP contribution in [0, 0.1) is 0 Å². The number of fused-ring (bicyclic) bond motifs is 1. The monoisotopic (exact) mass is 470 g/mol. The molecule has 4 N–H and O–H groups in total. The van der Waals surface area contributed by atoms with E-state index in [1.54, 1.807) is 20.8 Å². The number of cyclic esters (lactones) is 1. The van der Waals surface area contributed by atoms with Crippen LogP contribution in [0.25, 0.3) is 0 Å². The van der Waals surface area contributed by atoms with Crippen LogP contribution in [0.5, 0.6) is 11.5 Å². The lowest BCUT2D eigenvalue weighted by Crippen LogP contribution is -2.55. The first kappa shape index (κ1) is 25.1. The van der Waals surface area contributed by atoms with E-state index in [0.717, 1.165) is 31.0 Å². The van der Waals surface area contributed by atoms with Gasteiger partial charge in [0.1, 0.15) is 35.8 Å². The SMILES string of the molecule is COC(=O)[C@@H]1CSCc2c(O)cc(O)cc2C(=O)OC[C@H](NC(=O)OC(C)(C)C)C(=O)N1. The number of hydrogen-bond acceptors (Lipinski definition) is 10. The molecule has 0 aliphatic carbocycles. The molecule has 1 aromatic carbocycles. The molecular formula is C20H26N2O9S. The van der Waals surface area contributed by atoms with Gasteiger partial charge in [0.15, 0.2) is 0 Å². The summed E-state index contributed by atoms with van der Waals surface area (Å²) in [5, 5.41) is 24.7. The topological polar surface area (TPSA) is 160 Å². The zero-order valence-corrected chi connectivity index (χ0v) is 18.9. The number of phenolic OH excluding ortho intramolecular Hbond substituents is 2. The first-order valence-corrected chi connectivity index (χ1v) is 10.7. The summed E-state index contributed by atoms with van der Waals surface area (Å²) in [7, 11) is 1.16. The Labute approximate surface area is 188 Å². The van der Waals surface area contributed by atoms with Gasteiger partial charge in [0.2, 0.25) is 5.91 Å². The minimum atomic E-state index is -1.39. The third kappa shape index (κ3) is 6.94. The normalized spacial score (nSPS) is 19.9. The van der Waals surface area contributed by atoms with Crippen molar-refractivity contribution in [1.82, 2.24) is 10.6 Å². The van der Waals surface area contributed by atoms with Gasteiger partial charge < -0.3 is 35.1 Å². The van der Waals surface area contributed by atoms with E-state index in [0.29, 0.717) is 0 Å². The fraction of sp³-hybridized carbons (Fsp3) is 0.500. The Morgan fingerprint density at radius 1 is 1.25 bits per heavy atom. The number of carbonyl (C=O) groups is 4. The number of ether oxygens (including phenoxy) is 3. The summed E-state index contributed by atoms with van der Waals surface area (Å²) in [5.41, 5.74) is -0.770. The van der Waals surface area contributed by atoms with E-state index in [1.165, 1.54) is 0 Å². The molecule has 0 saturated heterocycles. The standard InChI is InChI=1S/C20H26N2O9S/c1-20(2,3)31-19(28)22-13-7-30-17(26)11-5-10(23)6-15(24)12(11)8-32-9-14(18(27)29-4)21-16(13)25/h5-6,13-14,23-24H,7-9H2,1-4H3,(H,21,25)(H,22,28)/t13-,14-/m0/s1. The molecule has 0 fully saturated rings. The Morgan fingerprint density at radius 2 is 1.94 bits per heavy atom. The number of benzene rings is 1. The van der Waals surface area contributed by atoms with Gasteiger partial charge in [0.25, 0.3) is 0 Å². The molecule has 0 radical (unpaired) electrons. The average Bonchev–Trinajstić information content (AvgIpc) is 2.68. The van der Waals surface area contributed by atoms with Crippen LogP contribution >= 0.6 is 11.8 Å². The Bertz CT molecular complexity index is 898. The maximum absolute atomic E-state index is 12.8. The predicted octanol–water partition coefficient (Wildman–Crippen LogP) is 1.05. The van der Waals surface area contributed by atoms with Crippen molar-refractivity contribution in [3.8, 4) is 11.5 Å². The maximum Gasteiger partial charge on any atom is 0.408 e. The molecule has 176 valence electrons. The van der Waals surface area contributed by atoms with Crippen molar-refractivity contribution in [2.45, 2.75) is 44.2 Å². The molecule has 12 heteroatoms. The first-order valence-electron chi connectivity index (χ1n) is 9.58. The Balaban J connectivity index is 2.36. The van der Waals surface area contributed by atoms with Crippen LogP contribution in [0.3, 0.4) is 0 Å². The minimum absolute atomic E-state index is 0.0480. The lowest BCUT2D eigenvalue weighted by molar-refractivity contribution is -0.144. The molecule has 0 unspecified atom stereocenters. The van der Waals surface area contributed by atoms with Crippen LogP contribution in [0.4, 0.5) is 4.79 Å². The van der Waals surface area contributed by atoms with Gasteiger partial charge in [-0.1, -0.05) is 0 Å². The number of thioether (sulfide) groups is 1. The van der Waals surface area contributed by atoms with Crippen LogP contribution in [0.2, 0.25) is 0 Å². The quantitative estimate of drug-likeness (QED) is 0.363. The first-order chi connectivity index (χ1) is 14.9. The number of hydrogen-bond donors (Lipinski definition) is 4. The number of esters is 2. The molecule has 0 spiro atoms. The Kier molecular flexibility index (Phi) is 8.19. The number of phenols is 2. The molecule has 11 nitrogen and oxygen atoms in total. The molecule has 1 aromatic rings. The summed E-state index contributed by atoms with van der Waals surface area (Å²) in [6, 6.07) is -0.263. The zero-order chi connectivity index (χ0) is 24.1. The number of amides is 2. The highest BCUT2D eigenvalue weighted by Crippen LogP contribution is 2.31. The molecule has 0 saturated carbocycles. The molecule has 1 aliphatic heterocycles. The summed E-state index contributed by atoms with van der Waals surface area (Å²) in [4.78, 5) is 49.7. The number of rotatable bonds is 2. The summed E-state index contributed by atoms with van der Waals surface area (Å²) in [6.07, 6.45) is -0.930. The van der Waals surface area contributed by atoms with Gasteiger partial charge in [-0.2, -0.15) is 11.8 Å². The van der Waals surface area contributed by atoms with Gasteiger partial charge in [0, 0.05) is 23.1 Å². The van der Waals surface area contributed by atoms with Crippen molar-refractivity contribution in [3.05, 3.63) is 23.3 Å². The predicted molar refractivity (Wildman–Crippen MR) is 113 cm³/mol. The van der Waals surface area contributed by atoms with Gasteiger partial charge in [-0.15, -0.1) is 0 Å². The molecule has 2 atom stereocenters. The van der Waals surface area contributed by atoms with Gasteiger partial charge >= 0.3 is 18.0 Å². The molecular weight excluding hydrogens is 444 g/mol. The summed E-state index contributed by atoms with van der Waals surface area (Å²) in [5.74, 6) is -2.98. The van der Waals surface area contributed by atoms with Crippen LogP contribution in [-0.2, 0) is 29.6 Å². The fourth-order valence-electron chi connectivity index (χ4n) is 2.71. The van der Waals surface area contributed by atoms with Crippen LogP contribution in [-0.4, -0.2) is 71.3 Å². The molecule has 2 rings (SSSR count). The van der Waals surface area contributed by atoms with Crippen LogP contribution in [0.1, 0.15) is 36.7 Å². The van der Waals surface area contributed by atoms with Crippen molar-refractivity contribution in [2.75, 3.05) is 19.5 Å². The van der Waals surface area contributed by atoms with Crippen LogP contribution < -0.4 is 10.6 Å². The summed E-state index contributed by atoms with van der Waals surface area (Å²) >= 11 is 1.13. The Hall–Kier alpha value is -3.15. The van der Waals surface area contributed by atoms with Crippen LogP contribution in [0.15, 0.2) is 12.1 Å². The zero-order valence-electron chi connectivity index (χ0n) is 18.1. The largest absolute Gasteiger partial charge is 0.508 e. The van der Waals surface area contributed by atoms with Crippen molar-refractivity contribution in [3.63, 3.8) is 0 Å². The molecule has 0 bridgehead atoms.